The van der Waals surface area contributed by atoms with Gasteiger partial charge in [-0.3, -0.25) is 0 Å². The fraction of sp³-hybridized carbons (Fsp3) is 0.588. The van der Waals surface area contributed by atoms with Gasteiger partial charge in [-0.25, -0.2) is 4.79 Å². The van der Waals surface area contributed by atoms with Gasteiger partial charge in [0, 0.05) is 25.6 Å². The number of nitrogens with zero attached hydrogens (tertiary/aromatic N) is 1. The van der Waals surface area contributed by atoms with Crippen LogP contribution in [0.15, 0.2) is 18.2 Å². The van der Waals surface area contributed by atoms with Gasteiger partial charge in [-0.2, -0.15) is 0 Å². The number of carbonyl (C=O) groups is 1. The lowest BCUT2D eigenvalue weighted by Crippen LogP contribution is -2.37. The number of ether oxygens (including phenoxy) is 3. The number of hydrogen-bond donors (Lipinski definition) is 0. The molecule has 5 nitrogen and oxygen atoms in total. The van der Waals surface area contributed by atoms with E-state index in [2.05, 4.69) is 0 Å². The summed E-state index contributed by atoms with van der Waals surface area (Å²) >= 11 is 0. The fourth-order valence-corrected chi connectivity index (χ4v) is 2.68. The van der Waals surface area contributed by atoms with E-state index in [0.29, 0.717) is 6.42 Å². The first-order valence-electron chi connectivity index (χ1n) is 7.80. The molecule has 0 N–H and O–H groups in total. The van der Waals surface area contributed by atoms with E-state index in [-0.39, 0.29) is 12.2 Å². The highest BCUT2D eigenvalue weighted by molar-refractivity contribution is 5.67. The summed E-state index contributed by atoms with van der Waals surface area (Å²) in [5.41, 5.74) is 1.02. The molecule has 1 saturated heterocycles. The average molecular weight is 307 g/mol. The molecule has 1 amide bonds. The molecule has 1 fully saturated rings. The first kappa shape index (κ1) is 16.5. The van der Waals surface area contributed by atoms with Crippen molar-refractivity contribution in [1.29, 1.82) is 0 Å². The van der Waals surface area contributed by atoms with E-state index in [4.69, 9.17) is 14.2 Å². The fourth-order valence-electron chi connectivity index (χ4n) is 2.68. The third kappa shape index (κ3) is 4.55. The van der Waals surface area contributed by atoms with Crippen LogP contribution in [-0.4, -0.2) is 44.4 Å². The van der Waals surface area contributed by atoms with Gasteiger partial charge in [0.1, 0.15) is 17.6 Å². The van der Waals surface area contributed by atoms with Crippen LogP contribution in [0.3, 0.4) is 0 Å². The Morgan fingerprint density at radius 3 is 2.23 bits per heavy atom. The first-order valence-corrected chi connectivity index (χ1v) is 7.80. The molecule has 122 valence electrons. The van der Waals surface area contributed by atoms with Crippen LogP contribution in [-0.2, 0) is 11.2 Å². The van der Waals surface area contributed by atoms with E-state index in [1.807, 2.05) is 25.1 Å². The van der Waals surface area contributed by atoms with Crippen molar-refractivity contribution in [1.82, 2.24) is 4.90 Å². The quantitative estimate of drug-likeness (QED) is 0.838. The van der Waals surface area contributed by atoms with Crippen LogP contribution in [0.4, 0.5) is 4.79 Å². The molecule has 1 aromatic carbocycles. The zero-order valence-corrected chi connectivity index (χ0v) is 13.6. The van der Waals surface area contributed by atoms with Gasteiger partial charge in [-0.15, -0.1) is 0 Å². The van der Waals surface area contributed by atoms with Gasteiger partial charge in [0.25, 0.3) is 0 Å². The Hall–Kier alpha value is -1.91. The van der Waals surface area contributed by atoms with Crippen molar-refractivity contribution in [2.75, 3.05) is 27.3 Å². The van der Waals surface area contributed by atoms with Crippen LogP contribution >= 0.6 is 0 Å². The Morgan fingerprint density at radius 2 is 1.68 bits per heavy atom. The lowest BCUT2D eigenvalue weighted by molar-refractivity contribution is 0.0647. The molecule has 22 heavy (non-hydrogen) atoms. The number of amides is 1. The lowest BCUT2D eigenvalue weighted by atomic mass is 10.1. The van der Waals surface area contributed by atoms with E-state index in [1.165, 1.54) is 6.42 Å². The second-order valence-electron chi connectivity index (χ2n) is 5.67. The average Bonchev–Trinajstić information content (AvgIpc) is 2.55. The van der Waals surface area contributed by atoms with Crippen LogP contribution in [0.25, 0.3) is 0 Å². The van der Waals surface area contributed by atoms with Crippen LogP contribution in [0.2, 0.25) is 0 Å². The predicted molar refractivity (Wildman–Crippen MR) is 84.6 cm³/mol. The van der Waals surface area contributed by atoms with E-state index < -0.39 is 0 Å². The third-order valence-corrected chi connectivity index (χ3v) is 3.85. The Morgan fingerprint density at radius 1 is 1.09 bits per heavy atom. The van der Waals surface area contributed by atoms with Gasteiger partial charge in [0.05, 0.1) is 14.2 Å². The third-order valence-electron chi connectivity index (χ3n) is 3.85. The summed E-state index contributed by atoms with van der Waals surface area (Å²) < 4.78 is 16.1. The standard InChI is InChI=1S/C17H25NO4/c1-13(22-17(19)18-7-5-4-6-8-18)9-14-10-15(20-2)12-16(11-14)21-3/h10-13H,4-9H2,1-3H3. The van der Waals surface area contributed by atoms with Crippen molar-refractivity contribution in [3.05, 3.63) is 23.8 Å². The van der Waals surface area contributed by atoms with Gasteiger partial charge in [-0.1, -0.05) is 0 Å². The number of benzene rings is 1. The normalized spacial score (nSPS) is 16.0. The highest BCUT2D eigenvalue weighted by atomic mass is 16.6. The zero-order valence-electron chi connectivity index (χ0n) is 13.6. The molecule has 2 rings (SSSR count). The van der Waals surface area contributed by atoms with Crippen molar-refractivity contribution in [3.8, 4) is 11.5 Å². The molecule has 0 spiro atoms. The van der Waals surface area contributed by atoms with Gasteiger partial charge < -0.3 is 19.1 Å². The minimum absolute atomic E-state index is 0.189. The van der Waals surface area contributed by atoms with Crippen molar-refractivity contribution >= 4 is 6.09 Å². The predicted octanol–water partition coefficient (Wildman–Crippen LogP) is 3.26. The van der Waals surface area contributed by atoms with Gasteiger partial charge in [-0.05, 0) is 43.9 Å². The van der Waals surface area contributed by atoms with Crippen molar-refractivity contribution < 1.29 is 19.0 Å². The molecule has 0 aromatic heterocycles. The summed E-state index contributed by atoms with van der Waals surface area (Å²) in [4.78, 5) is 13.9. The maximum Gasteiger partial charge on any atom is 0.410 e. The first-order chi connectivity index (χ1) is 10.6. The van der Waals surface area contributed by atoms with Crippen LogP contribution in [0.1, 0.15) is 31.7 Å². The molecule has 5 heteroatoms. The Labute approximate surface area is 132 Å². The number of hydrogen-bond acceptors (Lipinski definition) is 4. The molecule has 1 aliphatic heterocycles. The minimum atomic E-state index is -0.206. The van der Waals surface area contributed by atoms with Crippen LogP contribution in [0, 0.1) is 0 Å². The van der Waals surface area contributed by atoms with Gasteiger partial charge >= 0.3 is 6.09 Å². The lowest BCUT2D eigenvalue weighted by Gasteiger charge is -2.27. The second-order valence-corrected chi connectivity index (χ2v) is 5.67. The topological polar surface area (TPSA) is 48.0 Å². The molecule has 1 unspecified atom stereocenters. The molecule has 0 bridgehead atoms. The second kappa shape index (κ2) is 7.92. The molecule has 1 atom stereocenters. The van der Waals surface area contributed by atoms with E-state index in [9.17, 15) is 4.79 Å². The van der Waals surface area contributed by atoms with Crippen LogP contribution in [0.5, 0.6) is 11.5 Å². The Bertz CT molecular complexity index is 475. The van der Waals surface area contributed by atoms with Crippen molar-refractivity contribution in [3.63, 3.8) is 0 Å². The molecule has 0 radical (unpaired) electrons. The van der Waals surface area contributed by atoms with Gasteiger partial charge in [0.2, 0.25) is 0 Å². The Kier molecular flexibility index (Phi) is 5.92. The largest absolute Gasteiger partial charge is 0.497 e. The Balaban J connectivity index is 1.93. The summed E-state index contributed by atoms with van der Waals surface area (Å²) in [6.07, 6.45) is 3.57. The number of piperidine rings is 1. The summed E-state index contributed by atoms with van der Waals surface area (Å²) in [7, 11) is 3.25. The summed E-state index contributed by atoms with van der Waals surface area (Å²) in [6, 6.07) is 5.70. The summed E-state index contributed by atoms with van der Waals surface area (Å²) in [6.45, 7) is 3.52. The maximum atomic E-state index is 12.1. The number of likely N-dealkylation sites (tertiary alicyclic amines) is 1. The highest BCUT2D eigenvalue weighted by Gasteiger charge is 2.20. The highest BCUT2D eigenvalue weighted by Crippen LogP contribution is 2.24. The summed E-state index contributed by atoms with van der Waals surface area (Å²) in [5, 5.41) is 0. The van der Waals surface area contributed by atoms with E-state index in [1.54, 1.807) is 19.1 Å². The maximum absolute atomic E-state index is 12.1. The number of methoxy groups -OCH3 is 2. The smallest absolute Gasteiger partial charge is 0.410 e. The summed E-state index contributed by atoms with van der Waals surface area (Å²) in [5.74, 6) is 1.48. The molecule has 0 saturated carbocycles. The zero-order chi connectivity index (χ0) is 15.9. The molecule has 1 aromatic rings. The van der Waals surface area contributed by atoms with Gasteiger partial charge in [0.15, 0.2) is 0 Å². The van der Waals surface area contributed by atoms with E-state index >= 15 is 0 Å². The number of carbonyl (C=O) groups excluding carboxylic acids is 1. The molecular weight excluding hydrogens is 282 g/mol. The van der Waals surface area contributed by atoms with Crippen LogP contribution < -0.4 is 9.47 Å². The molecule has 1 heterocycles. The minimum Gasteiger partial charge on any atom is -0.497 e. The number of rotatable bonds is 5. The molecule has 1 aliphatic rings. The molecule has 0 aliphatic carbocycles. The van der Waals surface area contributed by atoms with E-state index in [0.717, 1.165) is 43.0 Å². The monoisotopic (exact) mass is 307 g/mol. The van der Waals surface area contributed by atoms with Crippen molar-refractivity contribution in [2.24, 2.45) is 0 Å². The SMILES string of the molecule is COc1cc(CC(C)OC(=O)N2CCCCC2)cc(OC)c1. The van der Waals surface area contributed by atoms with Crippen molar-refractivity contribution in [2.45, 2.75) is 38.7 Å². The molecular formula is C17H25NO4.